The van der Waals surface area contributed by atoms with Gasteiger partial charge in [0.25, 0.3) is 5.91 Å². The molecule has 0 aliphatic carbocycles. The maximum absolute atomic E-state index is 14.5. The SMILES string of the molecule is O=C(Nc1c(F)cc(F)cc1-c1ccccc1)c1ccc(N2CCCC2=O)cc1. The van der Waals surface area contributed by atoms with Crippen LogP contribution in [0.3, 0.4) is 0 Å². The molecule has 0 radical (unpaired) electrons. The third-order valence-corrected chi connectivity index (χ3v) is 4.89. The summed E-state index contributed by atoms with van der Waals surface area (Å²) >= 11 is 0. The van der Waals surface area contributed by atoms with E-state index < -0.39 is 17.5 Å². The molecule has 1 fully saturated rings. The largest absolute Gasteiger partial charge is 0.319 e. The molecule has 4 nitrogen and oxygen atoms in total. The molecule has 0 spiro atoms. The van der Waals surface area contributed by atoms with E-state index in [0.717, 1.165) is 18.2 Å². The minimum atomic E-state index is -0.850. The number of nitrogens with one attached hydrogen (secondary N) is 1. The quantitative estimate of drug-likeness (QED) is 0.678. The number of hydrogen-bond donors (Lipinski definition) is 1. The second-order valence-corrected chi connectivity index (χ2v) is 6.83. The predicted molar refractivity (Wildman–Crippen MR) is 108 cm³/mol. The first-order valence-corrected chi connectivity index (χ1v) is 9.29. The van der Waals surface area contributed by atoms with Gasteiger partial charge in [-0.15, -0.1) is 0 Å². The fourth-order valence-corrected chi connectivity index (χ4v) is 3.45. The fraction of sp³-hybridized carbons (Fsp3) is 0.130. The molecule has 1 aliphatic heterocycles. The number of anilines is 2. The first-order chi connectivity index (χ1) is 14.0. The van der Waals surface area contributed by atoms with Crippen LogP contribution in [0.5, 0.6) is 0 Å². The molecule has 0 saturated carbocycles. The Labute approximate surface area is 166 Å². The third kappa shape index (κ3) is 3.87. The molecule has 0 bridgehead atoms. The highest BCUT2D eigenvalue weighted by atomic mass is 19.1. The topological polar surface area (TPSA) is 49.4 Å². The van der Waals surface area contributed by atoms with Crippen LogP contribution in [0.4, 0.5) is 20.2 Å². The Morgan fingerprint density at radius 3 is 2.34 bits per heavy atom. The molecule has 146 valence electrons. The molecule has 1 aliphatic rings. The van der Waals surface area contributed by atoms with E-state index in [0.29, 0.717) is 24.1 Å². The first-order valence-electron chi connectivity index (χ1n) is 9.29. The number of hydrogen-bond acceptors (Lipinski definition) is 2. The van der Waals surface area contributed by atoms with Crippen LogP contribution in [0.2, 0.25) is 0 Å². The smallest absolute Gasteiger partial charge is 0.255 e. The maximum Gasteiger partial charge on any atom is 0.255 e. The number of rotatable bonds is 4. The summed E-state index contributed by atoms with van der Waals surface area (Å²) in [6.07, 6.45) is 1.33. The van der Waals surface area contributed by atoms with Crippen LogP contribution in [-0.2, 0) is 4.79 Å². The van der Waals surface area contributed by atoms with E-state index in [1.54, 1.807) is 59.5 Å². The average molecular weight is 392 g/mol. The van der Waals surface area contributed by atoms with Crippen LogP contribution < -0.4 is 10.2 Å². The number of halogens is 2. The molecule has 0 atom stereocenters. The lowest BCUT2D eigenvalue weighted by molar-refractivity contribution is -0.117. The second-order valence-electron chi connectivity index (χ2n) is 6.83. The molecule has 3 aromatic carbocycles. The van der Waals surface area contributed by atoms with E-state index in [-0.39, 0.29) is 17.2 Å². The molecule has 0 aromatic heterocycles. The zero-order chi connectivity index (χ0) is 20.4. The summed E-state index contributed by atoms with van der Waals surface area (Å²) < 4.78 is 28.3. The van der Waals surface area contributed by atoms with Crippen LogP contribution in [0.15, 0.2) is 66.7 Å². The van der Waals surface area contributed by atoms with Gasteiger partial charge in [-0.25, -0.2) is 8.78 Å². The Kier molecular flexibility index (Phi) is 5.08. The summed E-state index contributed by atoms with van der Waals surface area (Å²) in [6.45, 7) is 0.658. The van der Waals surface area contributed by atoms with Gasteiger partial charge in [0.05, 0.1) is 5.69 Å². The Morgan fingerprint density at radius 1 is 0.966 bits per heavy atom. The molecule has 29 heavy (non-hydrogen) atoms. The highest BCUT2D eigenvalue weighted by molar-refractivity contribution is 6.07. The van der Waals surface area contributed by atoms with Crippen molar-refractivity contribution in [2.45, 2.75) is 12.8 Å². The number of carbonyl (C=O) groups excluding carboxylic acids is 2. The van der Waals surface area contributed by atoms with Crippen molar-refractivity contribution in [2.24, 2.45) is 0 Å². The molecular weight excluding hydrogens is 374 g/mol. The lowest BCUT2D eigenvalue weighted by Gasteiger charge is -2.16. The molecule has 1 N–H and O–H groups in total. The zero-order valence-corrected chi connectivity index (χ0v) is 15.5. The third-order valence-electron chi connectivity index (χ3n) is 4.89. The molecular formula is C23H18F2N2O2. The van der Waals surface area contributed by atoms with Crippen LogP contribution >= 0.6 is 0 Å². The number of nitrogens with zero attached hydrogens (tertiary/aromatic N) is 1. The van der Waals surface area contributed by atoms with Crippen molar-refractivity contribution in [3.05, 3.63) is 83.9 Å². The average Bonchev–Trinajstić information content (AvgIpc) is 3.16. The molecule has 1 saturated heterocycles. The first kappa shape index (κ1) is 18.8. The minimum Gasteiger partial charge on any atom is -0.319 e. The number of carbonyl (C=O) groups is 2. The van der Waals surface area contributed by atoms with Crippen molar-refractivity contribution in [1.29, 1.82) is 0 Å². The van der Waals surface area contributed by atoms with Crippen LogP contribution in [0, 0.1) is 11.6 Å². The normalized spacial score (nSPS) is 13.6. The standard InChI is InChI=1S/C23H18F2N2O2/c24-17-13-19(15-5-2-1-3-6-15)22(20(25)14-17)26-23(29)16-8-10-18(11-9-16)27-12-4-7-21(27)28/h1-3,5-6,8-11,13-14H,4,7,12H2,(H,26,29). The summed E-state index contributed by atoms with van der Waals surface area (Å²) in [5.74, 6) is -2.04. The van der Waals surface area contributed by atoms with Gasteiger partial charge < -0.3 is 10.2 Å². The Morgan fingerprint density at radius 2 is 1.69 bits per heavy atom. The fourth-order valence-electron chi connectivity index (χ4n) is 3.45. The maximum atomic E-state index is 14.5. The van der Waals surface area contributed by atoms with Gasteiger partial charge in [-0.2, -0.15) is 0 Å². The van der Waals surface area contributed by atoms with Crippen LogP contribution in [0.25, 0.3) is 11.1 Å². The van der Waals surface area contributed by atoms with E-state index in [4.69, 9.17) is 0 Å². The summed E-state index contributed by atoms with van der Waals surface area (Å²) in [5, 5.41) is 2.56. The lowest BCUT2D eigenvalue weighted by Crippen LogP contribution is -2.23. The van der Waals surface area contributed by atoms with Crippen molar-refractivity contribution in [1.82, 2.24) is 0 Å². The Balaban J connectivity index is 1.61. The van der Waals surface area contributed by atoms with E-state index >= 15 is 0 Å². The second kappa shape index (κ2) is 7.83. The van der Waals surface area contributed by atoms with Gasteiger partial charge >= 0.3 is 0 Å². The van der Waals surface area contributed by atoms with Crippen molar-refractivity contribution < 1.29 is 18.4 Å². The highest BCUT2D eigenvalue weighted by Crippen LogP contribution is 2.32. The van der Waals surface area contributed by atoms with Crippen LogP contribution in [0.1, 0.15) is 23.2 Å². The van der Waals surface area contributed by atoms with Gasteiger partial charge in [0.2, 0.25) is 5.91 Å². The van der Waals surface area contributed by atoms with Crippen molar-refractivity contribution in [3.63, 3.8) is 0 Å². The lowest BCUT2D eigenvalue weighted by atomic mass is 10.0. The number of amides is 2. The zero-order valence-electron chi connectivity index (χ0n) is 15.5. The molecule has 2 amide bonds. The van der Waals surface area contributed by atoms with Crippen molar-refractivity contribution in [2.75, 3.05) is 16.8 Å². The Hall–Kier alpha value is -3.54. The minimum absolute atomic E-state index is 0.0584. The summed E-state index contributed by atoms with van der Waals surface area (Å²) in [4.78, 5) is 26.2. The predicted octanol–water partition coefficient (Wildman–Crippen LogP) is 5.01. The molecule has 3 aromatic rings. The van der Waals surface area contributed by atoms with Crippen molar-refractivity contribution >= 4 is 23.2 Å². The van der Waals surface area contributed by atoms with E-state index in [1.807, 2.05) is 0 Å². The van der Waals surface area contributed by atoms with Crippen LogP contribution in [-0.4, -0.2) is 18.4 Å². The summed E-state index contributed by atoms with van der Waals surface area (Å²) in [5.41, 5.74) is 1.80. The van der Waals surface area contributed by atoms with Gasteiger partial charge in [0.15, 0.2) is 0 Å². The highest BCUT2D eigenvalue weighted by Gasteiger charge is 2.22. The van der Waals surface area contributed by atoms with E-state index in [2.05, 4.69) is 5.32 Å². The van der Waals surface area contributed by atoms with Gasteiger partial charge in [-0.05, 0) is 42.3 Å². The van der Waals surface area contributed by atoms with Gasteiger partial charge in [-0.3, -0.25) is 9.59 Å². The summed E-state index contributed by atoms with van der Waals surface area (Å²) in [6, 6.07) is 17.2. The van der Waals surface area contributed by atoms with Gasteiger partial charge in [0, 0.05) is 35.8 Å². The monoisotopic (exact) mass is 392 g/mol. The summed E-state index contributed by atoms with van der Waals surface area (Å²) in [7, 11) is 0. The number of benzene rings is 3. The van der Waals surface area contributed by atoms with E-state index in [9.17, 15) is 18.4 Å². The Bertz CT molecular complexity index is 1070. The molecule has 1 heterocycles. The molecule has 0 unspecified atom stereocenters. The molecule has 6 heteroatoms. The van der Waals surface area contributed by atoms with Gasteiger partial charge in [0.1, 0.15) is 11.6 Å². The molecule has 4 rings (SSSR count). The van der Waals surface area contributed by atoms with E-state index in [1.165, 1.54) is 6.07 Å². The van der Waals surface area contributed by atoms with Crippen molar-refractivity contribution in [3.8, 4) is 11.1 Å². The van der Waals surface area contributed by atoms with Gasteiger partial charge in [-0.1, -0.05) is 30.3 Å².